The van der Waals surface area contributed by atoms with Crippen molar-refractivity contribution < 1.29 is 0 Å². The van der Waals surface area contributed by atoms with Gasteiger partial charge in [0.25, 0.3) is 0 Å². The minimum atomic E-state index is 0.129. The first-order chi connectivity index (χ1) is 5.94. The van der Waals surface area contributed by atoms with Gasteiger partial charge >= 0.3 is 0 Å². The highest BCUT2D eigenvalue weighted by atomic mass is 79.9. The predicted molar refractivity (Wildman–Crippen MR) is 65.6 cm³/mol. The Hall–Kier alpha value is 0.0500. The molecule has 72 valence electrons. The lowest BCUT2D eigenvalue weighted by atomic mass is 9.82. The lowest BCUT2D eigenvalue weighted by molar-refractivity contribution is 0.523. The van der Waals surface area contributed by atoms with Crippen LogP contribution in [-0.4, -0.2) is 5.25 Å². The lowest BCUT2D eigenvalue weighted by Crippen LogP contribution is -2.26. The molecule has 1 aromatic rings. The van der Waals surface area contributed by atoms with Gasteiger partial charge in [0.2, 0.25) is 0 Å². The number of thiol groups is 1. The average Bonchev–Trinajstić information content (AvgIpc) is 2.04. The van der Waals surface area contributed by atoms with Crippen molar-refractivity contribution in [3.63, 3.8) is 0 Å². The largest absolute Gasteiger partial charge is 0.175 e. The van der Waals surface area contributed by atoms with Crippen molar-refractivity contribution in [2.24, 2.45) is 0 Å². The molecule has 0 heterocycles. The van der Waals surface area contributed by atoms with E-state index in [4.69, 9.17) is 0 Å². The quantitative estimate of drug-likeness (QED) is 0.761. The molecular formula is C11H15BrS. The molecule has 0 radical (unpaired) electrons. The number of hydrogen-bond acceptors (Lipinski definition) is 1. The molecular weight excluding hydrogens is 244 g/mol. The summed E-state index contributed by atoms with van der Waals surface area (Å²) in [4.78, 5) is 0. The molecule has 0 saturated carbocycles. The lowest BCUT2D eigenvalue weighted by Gasteiger charge is -2.29. The summed E-state index contributed by atoms with van der Waals surface area (Å²) < 4.78 is 1.12. The van der Waals surface area contributed by atoms with Gasteiger partial charge in [-0.25, -0.2) is 0 Å². The van der Waals surface area contributed by atoms with Crippen LogP contribution in [0.25, 0.3) is 0 Å². The fourth-order valence-electron chi connectivity index (χ4n) is 1.12. The first-order valence-electron chi connectivity index (χ1n) is 4.38. The van der Waals surface area contributed by atoms with Gasteiger partial charge in [-0.1, -0.05) is 48.8 Å². The zero-order valence-electron chi connectivity index (χ0n) is 8.21. The molecule has 0 spiro atoms. The summed E-state index contributed by atoms with van der Waals surface area (Å²) in [7, 11) is 0. The van der Waals surface area contributed by atoms with Crippen LogP contribution < -0.4 is 0 Å². The summed E-state index contributed by atoms with van der Waals surface area (Å²) in [6, 6.07) is 8.45. The first-order valence-corrected chi connectivity index (χ1v) is 5.69. The maximum Gasteiger partial charge on any atom is 0.0175 e. The van der Waals surface area contributed by atoms with Gasteiger partial charge in [0.15, 0.2) is 0 Å². The molecule has 0 bridgehead atoms. The molecule has 2 heteroatoms. The summed E-state index contributed by atoms with van der Waals surface area (Å²) in [5, 5.41) is 0.355. The van der Waals surface area contributed by atoms with Gasteiger partial charge in [0.05, 0.1) is 0 Å². The van der Waals surface area contributed by atoms with Gasteiger partial charge in [-0.3, -0.25) is 0 Å². The van der Waals surface area contributed by atoms with E-state index in [1.165, 1.54) is 5.56 Å². The van der Waals surface area contributed by atoms with Crippen molar-refractivity contribution in [1.82, 2.24) is 0 Å². The minimum Gasteiger partial charge on any atom is -0.175 e. The van der Waals surface area contributed by atoms with Crippen molar-refractivity contribution in [3.05, 3.63) is 34.3 Å². The summed E-state index contributed by atoms with van der Waals surface area (Å²) in [5.74, 6) is 0. The molecule has 1 aromatic carbocycles. The molecule has 13 heavy (non-hydrogen) atoms. The van der Waals surface area contributed by atoms with Crippen LogP contribution >= 0.6 is 28.6 Å². The van der Waals surface area contributed by atoms with Crippen molar-refractivity contribution in [2.45, 2.75) is 31.4 Å². The van der Waals surface area contributed by atoms with Crippen LogP contribution in [0.2, 0.25) is 0 Å². The van der Waals surface area contributed by atoms with Crippen molar-refractivity contribution in [2.75, 3.05) is 0 Å². The number of hydrogen-bond donors (Lipinski definition) is 1. The van der Waals surface area contributed by atoms with Gasteiger partial charge < -0.3 is 0 Å². The second-order valence-electron chi connectivity index (χ2n) is 3.90. The highest BCUT2D eigenvalue weighted by Crippen LogP contribution is 2.30. The van der Waals surface area contributed by atoms with Gasteiger partial charge in [-0.2, -0.15) is 12.6 Å². The van der Waals surface area contributed by atoms with E-state index in [9.17, 15) is 0 Å². The summed E-state index contributed by atoms with van der Waals surface area (Å²) in [6.07, 6.45) is 0. The monoisotopic (exact) mass is 258 g/mol. The van der Waals surface area contributed by atoms with E-state index in [1.807, 2.05) is 0 Å². The third-order valence-electron chi connectivity index (χ3n) is 2.63. The molecule has 1 atom stereocenters. The zero-order chi connectivity index (χ0) is 10.1. The topological polar surface area (TPSA) is 0 Å². The van der Waals surface area contributed by atoms with Crippen LogP contribution in [0.3, 0.4) is 0 Å². The van der Waals surface area contributed by atoms with Gasteiger partial charge in [0.1, 0.15) is 0 Å². The van der Waals surface area contributed by atoms with E-state index >= 15 is 0 Å². The molecule has 1 rings (SSSR count). The Morgan fingerprint density at radius 3 is 2.08 bits per heavy atom. The van der Waals surface area contributed by atoms with Gasteiger partial charge in [-0.15, -0.1) is 0 Å². The average molecular weight is 259 g/mol. The van der Waals surface area contributed by atoms with E-state index < -0.39 is 0 Å². The number of rotatable bonds is 2. The first kappa shape index (κ1) is 11.1. The zero-order valence-corrected chi connectivity index (χ0v) is 10.7. The number of benzene rings is 1. The van der Waals surface area contributed by atoms with E-state index in [1.54, 1.807) is 0 Å². The molecule has 0 N–H and O–H groups in total. The van der Waals surface area contributed by atoms with Crippen LogP contribution in [0.4, 0.5) is 0 Å². The Morgan fingerprint density at radius 2 is 1.69 bits per heavy atom. The highest BCUT2D eigenvalue weighted by Gasteiger charge is 2.24. The maximum atomic E-state index is 4.50. The predicted octanol–water partition coefficient (Wildman–Crippen LogP) is 4.05. The third-order valence-corrected chi connectivity index (χ3v) is 3.81. The fourth-order valence-corrected chi connectivity index (χ4v) is 1.53. The molecule has 0 aromatic heterocycles. The molecule has 0 aliphatic heterocycles. The van der Waals surface area contributed by atoms with Crippen LogP contribution in [0.15, 0.2) is 28.7 Å². The number of halogens is 1. The molecule has 1 unspecified atom stereocenters. The second kappa shape index (κ2) is 4.05. The summed E-state index contributed by atoms with van der Waals surface area (Å²) in [5.41, 5.74) is 1.46. The Labute approximate surface area is 94.3 Å². The SMILES string of the molecule is CC(S)C(C)(C)c1ccc(Br)cc1. The maximum absolute atomic E-state index is 4.50. The van der Waals surface area contributed by atoms with E-state index in [0.717, 1.165) is 4.47 Å². The van der Waals surface area contributed by atoms with Crippen LogP contribution in [0.5, 0.6) is 0 Å². The second-order valence-corrected chi connectivity index (χ2v) is 5.59. The Bertz CT molecular complexity index is 275. The molecule has 0 amide bonds. The van der Waals surface area contributed by atoms with E-state index in [-0.39, 0.29) is 5.41 Å². The summed E-state index contributed by atoms with van der Waals surface area (Å²) in [6.45, 7) is 6.56. The smallest absolute Gasteiger partial charge is 0.0175 e. The normalized spacial score (nSPS) is 14.2. The Balaban J connectivity index is 3.01. The van der Waals surface area contributed by atoms with Crippen molar-refractivity contribution in [1.29, 1.82) is 0 Å². The minimum absolute atomic E-state index is 0.129. The van der Waals surface area contributed by atoms with Crippen LogP contribution in [0, 0.1) is 0 Å². The summed E-state index contributed by atoms with van der Waals surface area (Å²) >= 11 is 7.93. The Kier molecular flexibility index (Phi) is 3.47. The molecule has 0 aliphatic rings. The van der Waals surface area contributed by atoms with E-state index in [2.05, 4.69) is 73.6 Å². The van der Waals surface area contributed by atoms with E-state index in [0.29, 0.717) is 5.25 Å². The van der Waals surface area contributed by atoms with Crippen LogP contribution in [-0.2, 0) is 5.41 Å². The van der Waals surface area contributed by atoms with Gasteiger partial charge in [-0.05, 0) is 17.7 Å². The molecule has 0 saturated heterocycles. The van der Waals surface area contributed by atoms with Gasteiger partial charge in [0, 0.05) is 15.1 Å². The standard InChI is InChI=1S/C11H15BrS/c1-8(13)11(2,3)9-4-6-10(12)7-5-9/h4-8,13H,1-3H3. The molecule has 0 aliphatic carbocycles. The van der Waals surface area contributed by atoms with Crippen LogP contribution in [0.1, 0.15) is 26.3 Å². The highest BCUT2D eigenvalue weighted by molar-refractivity contribution is 9.10. The van der Waals surface area contributed by atoms with Crippen molar-refractivity contribution in [3.8, 4) is 0 Å². The molecule has 0 fully saturated rings. The third kappa shape index (κ3) is 2.50. The van der Waals surface area contributed by atoms with Crippen molar-refractivity contribution >= 4 is 28.6 Å². The Morgan fingerprint density at radius 1 is 1.23 bits per heavy atom. The fraction of sp³-hybridized carbons (Fsp3) is 0.455. The molecule has 0 nitrogen and oxygen atoms in total.